The summed E-state index contributed by atoms with van der Waals surface area (Å²) in [5.41, 5.74) is 6.61. The van der Waals surface area contributed by atoms with Gasteiger partial charge >= 0.3 is 0 Å². The Kier molecular flexibility index (Phi) is 4.63. The van der Waals surface area contributed by atoms with E-state index in [1.54, 1.807) is 0 Å². The SMILES string of the molecule is c1cc(Oc2ccc3c4ccccc4n4ccnc4c3c2)cc(-n2c3ccccc3c3c4oc5ccccc5c4cnc32)c1. The number of fused-ring (bicyclic) bond motifs is 13. The van der Waals surface area contributed by atoms with Crippen LogP contribution in [-0.2, 0) is 0 Å². The van der Waals surface area contributed by atoms with Crippen LogP contribution in [-0.4, -0.2) is 18.9 Å². The standard InChI is InChI=1S/C38H22N4O2/c1-4-13-32-27(10-1)26-17-16-25(21-30(26)37-39-18-19-41(32)37)43-24-9-7-8-23(20-24)42-33-14-5-2-12-29(33)35-36-31(22-40-38(35)42)28-11-3-6-15-34(28)44-36/h1-22H. The Morgan fingerprint density at radius 1 is 0.568 bits per heavy atom. The van der Waals surface area contributed by atoms with Crippen molar-refractivity contribution in [3.63, 3.8) is 0 Å². The first-order valence-corrected chi connectivity index (χ1v) is 14.6. The molecule has 0 aliphatic rings. The van der Waals surface area contributed by atoms with E-state index in [4.69, 9.17) is 14.1 Å². The number of rotatable bonds is 3. The predicted octanol–water partition coefficient (Wildman–Crippen LogP) is 9.82. The van der Waals surface area contributed by atoms with Crippen LogP contribution in [0.25, 0.3) is 76.9 Å². The first-order valence-electron chi connectivity index (χ1n) is 14.6. The summed E-state index contributed by atoms with van der Waals surface area (Å²) in [6.45, 7) is 0. The predicted molar refractivity (Wildman–Crippen MR) is 176 cm³/mol. The van der Waals surface area contributed by atoms with Crippen LogP contribution in [0.15, 0.2) is 138 Å². The van der Waals surface area contributed by atoms with Crippen LogP contribution in [0.1, 0.15) is 0 Å². The summed E-state index contributed by atoms with van der Waals surface area (Å²) in [6.07, 6.45) is 5.78. The first-order chi connectivity index (χ1) is 21.8. The highest BCUT2D eigenvalue weighted by molar-refractivity contribution is 6.22. The summed E-state index contributed by atoms with van der Waals surface area (Å²) in [5.74, 6) is 1.48. The van der Waals surface area contributed by atoms with Gasteiger partial charge in [0.1, 0.15) is 34.0 Å². The highest BCUT2D eigenvalue weighted by Gasteiger charge is 2.20. The molecule has 0 aliphatic carbocycles. The maximum absolute atomic E-state index is 6.51. The molecule has 0 bridgehead atoms. The topological polar surface area (TPSA) is 57.5 Å². The van der Waals surface area contributed by atoms with Gasteiger partial charge in [-0.3, -0.25) is 8.97 Å². The van der Waals surface area contributed by atoms with Gasteiger partial charge in [-0.05, 0) is 53.9 Å². The van der Waals surface area contributed by atoms with Gasteiger partial charge in [0.25, 0.3) is 0 Å². The highest BCUT2D eigenvalue weighted by Crippen LogP contribution is 2.40. The normalized spacial score (nSPS) is 12.1. The summed E-state index contributed by atoms with van der Waals surface area (Å²) in [5, 5.41) is 7.56. The minimum Gasteiger partial charge on any atom is -0.457 e. The van der Waals surface area contributed by atoms with Gasteiger partial charge in [-0.25, -0.2) is 9.97 Å². The van der Waals surface area contributed by atoms with E-state index in [0.29, 0.717) is 0 Å². The van der Waals surface area contributed by atoms with Crippen molar-refractivity contribution in [3.8, 4) is 17.2 Å². The fraction of sp³-hybridized carbons (Fsp3) is 0. The zero-order valence-corrected chi connectivity index (χ0v) is 23.3. The van der Waals surface area contributed by atoms with Gasteiger partial charge in [0.15, 0.2) is 0 Å². The van der Waals surface area contributed by atoms with Crippen molar-refractivity contribution in [1.82, 2.24) is 18.9 Å². The lowest BCUT2D eigenvalue weighted by atomic mass is 10.1. The van der Waals surface area contributed by atoms with E-state index in [0.717, 1.165) is 83.0 Å². The average molecular weight is 567 g/mol. The minimum absolute atomic E-state index is 0.734. The zero-order chi connectivity index (χ0) is 28.8. The molecular formula is C38H22N4O2. The number of nitrogens with zero attached hydrogens (tertiary/aromatic N) is 4. The maximum Gasteiger partial charge on any atom is 0.149 e. The third kappa shape index (κ3) is 3.19. The van der Waals surface area contributed by atoms with Crippen LogP contribution in [0.3, 0.4) is 0 Å². The van der Waals surface area contributed by atoms with Gasteiger partial charge in [-0.1, -0.05) is 60.7 Å². The molecule has 10 aromatic rings. The summed E-state index contributed by atoms with van der Waals surface area (Å²) < 4.78 is 17.3. The third-order valence-electron chi connectivity index (χ3n) is 8.66. The number of aromatic nitrogens is 4. The fourth-order valence-electron chi connectivity index (χ4n) is 6.78. The lowest BCUT2D eigenvalue weighted by molar-refractivity contribution is 0.483. The number of para-hydroxylation sites is 3. The van der Waals surface area contributed by atoms with E-state index in [2.05, 4.69) is 92.8 Å². The molecule has 0 unspecified atom stereocenters. The molecule has 5 heterocycles. The van der Waals surface area contributed by atoms with Crippen molar-refractivity contribution in [3.05, 3.63) is 134 Å². The van der Waals surface area contributed by atoms with Gasteiger partial charge in [0.2, 0.25) is 0 Å². The number of imidazole rings is 1. The molecule has 0 amide bonds. The van der Waals surface area contributed by atoms with Crippen LogP contribution >= 0.6 is 0 Å². The average Bonchev–Trinajstić information content (AvgIpc) is 3.79. The lowest BCUT2D eigenvalue weighted by Gasteiger charge is -2.12. The van der Waals surface area contributed by atoms with Gasteiger partial charge in [-0.2, -0.15) is 0 Å². The Morgan fingerprint density at radius 3 is 2.30 bits per heavy atom. The summed E-state index contributed by atoms with van der Waals surface area (Å²) in [6, 6.07) is 39.3. The van der Waals surface area contributed by atoms with Crippen LogP contribution in [0, 0.1) is 0 Å². The minimum atomic E-state index is 0.734. The second-order valence-corrected chi connectivity index (χ2v) is 11.1. The van der Waals surface area contributed by atoms with Crippen molar-refractivity contribution >= 4 is 71.2 Å². The second kappa shape index (κ2) is 8.69. The maximum atomic E-state index is 6.51. The Hall–Kier alpha value is -6.14. The Balaban J connectivity index is 1.13. The number of pyridine rings is 2. The van der Waals surface area contributed by atoms with Crippen molar-refractivity contribution < 1.29 is 9.15 Å². The molecule has 0 fully saturated rings. The monoisotopic (exact) mass is 566 g/mol. The molecule has 0 N–H and O–H groups in total. The van der Waals surface area contributed by atoms with Gasteiger partial charge in [-0.15, -0.1) is 0 Å². The van der Waals surface area contributed by atoms with Crippen molar-refractivity contribution in [2.45, 2.75) is 0 Å². The molecule has 6 nitrogen and oxygen atoms in total. The van der Waals surface area contributed by atoms with E-state index in [9.17, 15) is 0 Å². The second-order valence-electron chi connectivity index (χ2n) is 11.1. The summed E-state index contributed by atoms with van der Waals surface area (Å²) in [4.78, 5) is 9.67. The molecule has 44 heavy (non-hydrogen) atoms. The van der Waals surface area contributed by atoms with Crippen molar-refractivity contribution in [2.24, 2.45) is 0 Å². The highest BCUT2D eigenvalue weighted by atomic mass is 16.5. The Morgan fingerprint density at radius 2 is 1.36 bits per heavy atom. The number of hydrogen-bond donors (Lipinski definition) is 0. The third-order valence-corrected chi connectivity index (χ3v) is 8.66. The van der Waals surface area contributed by atoms with Crippen LogP contribution in [0.5, 0.6) is 11.5 Å². The molecule has 0 saturated heterocycles. The molecule has 10 rings (SSSR count). The number of hydrogen-bond acceptors (Lipinski definition) is 4. The molecule has 5 aromatic heterocycles. The fourth-order valence-corrected chi connectivity index (χ4v) is 6.78. The number of ether oxygens (including phenoxy) is 1. The van der Waals surface area contributed by atoms with Crippen LogP contribution in [0.4, 0.5) is 0 Å². The van der Waals surface area contributed by atoms with Crippen LogP contribution < -0.4 is 4.74 Å². The summed E-state index contributed by atoms with van der Waals surface area (Å²) >= 11 is 0. The Bertz CT molecular complexity index is 2770. The van der Waals surface area contributed by atoms with Crippen molar-refractivity contribution in [2.75, 3.05) is 0 Å². The van der Waals surface area contributed by atoms with Gasteiger partial charge in [0, 0.05) is 51.6 Å². The van der Waals surface area contributed by atoms with Crippen molar-refractivity contribution in [1.29, 1.82) is 0 Å². The molecule has 0 atom stereocenters. The number of furan rings is 1. The molecule has 0 radical (unpaired) electrons. The first kappa shape index (κ1) is 23.4. The largest absolute Gasteiger partial charge is 0.457 e. The Labute approximate surface area is 250 Å². The number of benzene rings is 5. The smallest absolute Gasteiger partial charge is 0.149 e. The van der Waals surface area contributed by atoms with E-state index in [1.165, 1.54) is 5.39 Å². The molecule has 206 valence electrons. The zero-order valence-electron chi connectivity index (χ0n) is 23.3. The lowest BCUT2D eigenvalue weighted by Crippen LogP contribution is -1.96. The van der Waals surface area contributed by atoms with E-state index >= 15 is 0 Å². The van der Waals surface area contributed by atoms with E-state index in [1.807, 2.05) is 55.0 Å². The van der Waals surface area contributed by atoms with Crippen LogP contribution in [0.2, 0.25) is 0 Å². The molecule has 6 heteroatoms. The summed E-state index contributed by atoms with van der Waals surface area (Å²) in [7, 11) is 0. The molecule has 0 saturated carbocycles. The molecule has 0 aliphatic heterocycles. The molecular weight excluding hydrogens is 544 g/mol. The molecule has 0 spiro atoms. The van der Waals surface area contributed by atoms with E-state index < -0.39 is 0 Å². The van der Waals surface area contributed by atoms with Gasteiger partial charge < -0.3 is 9.15 Å². The van der Waals surface area contributed by atoms with E-state index in [-0.39, 0.29) is 0 Å². The molecule has 5 aromatic carbocycles. The quantitative estimate of drug-likeness (QED) is 0.200. The van der Waals surface area contributed by atoms with Gasteiger partial charge in [0.05, 0.1) is 22.1 Å².